The Morgan fingerprint density at radius 2 is 1.26 bits per heavy atom. The van der Waals surface area contributed by atoms with Gasteiger partial charge in [-0.1, -0.05) is 24.3 Å². The highest BCUT2D eigenvalue weighted by molar-refractivity contribution is 6.00. The first kappa shape index (κ1) is 22.8. The average Bonchev–Trinajstić information content (AvgIpc) is 2.85. The molecule has 4 rings (SSSR count). The van der Waals surface area contributed by atoms with Crippen LogP contribution in [0.1, 0.15) is 17.3 Å². The summed E-state index contributed by atoms with van der Waals surface area (Å²) in [5.74, 6) is 0.0455. The number of rotatable bonds is 5. The lowest BCUT2D eigenvalue weighted by atomic mass is 10.1. The first-order chi connectivity index (χ1) is 16.5. The molecule has 1 fully saturated rings. The summed E-state index contributed by atoms with van der Waals surface area (Å²) >= 11 is 0. The number of carbonyl (C=O) groups is 3. The molecular weight excluding hydrogens is 430 g/mol. The van der Waals surface area contributed by atoms with E-state index in [1.807, 2.05) is 42.5 Å². The Kier molecular flexibility index (Phi) is 7.07. The molecule has 3 aromatic rings. The van der Waals surface area contributed by atoms with Crippen LogP contribution in [0.5, 0.6) is 0 Å². The van der Waals surface area contributed by atoms with Crippen molar-refractivity contribution in [2.45, 2.75) is 6.92 Å². The highest BCUT2D eigenvalue weighted by Crippen LogP contribution is 2.20. The van der Waals surface area contributed by atoms with Crippen LogP contribution in [-0.2, 0) is 0 Å². The minimum Gasteiger partial charge on any atom is -0.368 e. The number of ketones is 1. The number of hydrogen-bond acceptors (Lipinski definition) is 4. The second-order valence-electron chi connectivity index (χ2n) is 8.03. The van der Waals surface area contributed by atoms with Gasteiger partial charge in [0.1, 0.15) is 0 Å². The summed E-state index contributed by atoms with van der Waals surface area (Å²) in [7, 11) is 0. The van der Waals surface area contributed by atoms with Crippen molar-refractivity contribution in [1.29, 1.82) is 0 Å². The fourth-order valence-corrected chi connectivity index (χ4v) is 3.77. The van der Waals surface area contributed by atoms with Gasteiger partial charge in [0.25, 0.3) is 0 Å². The summed E-state index contributed by atoms with van der Waals surface area (Å²) in [6, 6.07) is 23.2. The summed E-state index contributed by atoms with van der Waals surface area (Å²) in [6.07, 6.45) is 0. The van der Waals surface area contributed by atoms with Gasteiger partial charge >= 0.3 is 12.1 Å². The number of Topliss-reactive ketones (excluding diaryl/α,β-unsaturated/α-hetero) is 1. The average molecular weight is 458 g/mol. The van der Waals surface area contributed by atoms with Gasteiger partial charge in [-0.15, -0.1) is 0 Å². The highest BCUT2D eigenvalue weighted by Gasteiger charge is 2.21. The van der Waals surface area contributed by atoms with Gasteiger partial charge in [0.05, 0.1) is 0 Å². The molecule has 3 aromatic carbocycles. The molecule has 0 saturated carbocycles. The van der Waals surface area contributed by atoms with Crippen LogP contribution in [0.25, 0.3) is 0 Å². The molecule has 0 spiro atoms. The molecule has 1 aliphatic rings. The molecule has 0 unspecified atom stereocenters. The number of amides is 4. The predicted octanol–water partition coefficient (Wildman–Crippen LogP) is 4.89. The second-order valence-corrected chi connectivity index (χ2v) is 8.03. The van der Waals surface area contributed by atoms with E-state index >= 15 is 0 Å². The number of piperazine rings is 1. The lowest BCUT2D eigenvalue weighted by Gasteiger charge is -2.36. The van der Waals surface area contributed by atoms with Gasteiger partial charge in [0.2, 0.25) is 0 Å². The van der Waals surface area contributed by atoms with E-state index in [0.717, 1.165) is 5.69 Å². The lowest BCUT2D eigenvalue weighted by Crippen LogP contribution is -2.50. The molecule has 1 saturated heterocycles. The molecule has 0 aliphatic carbocycles. The molecule has 4 amide bonds. The van der Waals surface area contributed by atoms with Crippen molar-refractivity contribution in [2.75, 3.05) is 47.0 Å². The molecule has 0 radical (unpaired) electrons. The van der Waals surface area contributed by atoms with Crippen molar-refractivity contribution in [3.63, 3.8) is 0 Å². The largest absolute Gasteiger partial charge is 0.368 e. The fraction of sp³-hybridized carbons (Fsp3) is 0.192. The van der Waals surface area contributed by atoms with Crippen molar-refractivity contribution >= 4 is 40.6 Å². The van der Waals surface area contributed by atoms with Crippen molar-refractivity contribution in [3.05, 3.63) is 84.4 Å². The van der Waals surface area contributed by atoms with Crippen molar-refractivity contribution in [1.82, 2.24) is 4.90 Å². The van der Waals surface area contributed by atoms with Gasteiger partial charge in [0.15, 0.2) is 5.78 Å². The molecule has 0 aromatic heterocycles. The number of benzene rings is 3. The molecule has 8 heteroatoms. The van der Waals surface area contributed by atoms with Gasteiger partial charge in [-0.3, -0.25) is 4.79 Å². The Balaban J connectivity index is 1.28. The summed E-state index contributed by atoms with van der Waals surface area (Å²) < 4.78 is 0. The van der Waals surface area contributed by atoms with Crippen LogP contribution >= 0.6 is 0 Å². The number of nitrogens with zero attached hydrogens (tertiary/aromatic N) is 2. The monoisotopic (exact) mass is 457 g/mol. The zero-order chi connectivity index (χ0) is 23.9. The van der Waals surface area contributed by atoms with Crippen LogP contribution in [0.4, 0.5) is 32.3 Å². The van der Waals surface area contributed by atoms with Gasteiger partial charge in [-0.2, -0.15) is 0 Å². The van der Waals surface area contributed by atoms with Crippen LogP contribution < -0.4 is 20.9 Å². The standard InChI is InChI=1S/C26H27N5O3/c1-19(32)20-10-12-24(13-11-20)30-14-16-31(17-15-30)26(34)29-23-9-5-8-22(18-23)28-25(33)27-21-6-3-2-4-7-21/h2-13,18H,14-17H2,1H3,(H,29,34)(H2,27,28,33). The summed E-state index contributed by atoms with van der Waals surface area (Å²) in [5, 5.41) is 8.45. The van der Waals surface area contributed by atoms with Gasteiger partial charge in [-0.25, -0.2) is 9.59 Å². The zero-order valence-corrected chi connectivity index (χ0v) is 19.0. The maximum Gasteiger partial charge on any atom is 0.323 e. The summed E-state index contributed by atoms with van der Waals surface area (Å²) in [5.41, 5.74) is 3.60. The maximum absolute atomic E-state index is 12.8. The number of nitrogens with one attached hydrogen (secondary N) is 3. The minimum absolute atomic E-state index is 0.0455. The molecule has 0 bridgehead atoms. The molecule has 34 heavy (non-hydrogen) atoms. The van der Waals surface area contributed by atoms with E-state index < -0.39 is 0 Å². The SMILES string of the molecule is CC(=O)c1ccc(N2CCN(C(=O)Nc3cccc(NC(=O)Nc4ccccc4)c3)CC2)cc1. The molecule has 0 atom stereocenters. The smallest absolute Gasteiger partial charge is 0.323 e. The molecular formula is C26H27N5O3. The number of carbonyl (C=O) groups excluding carboxylic acids is 3. The Morgan fingerprint density at radius 1 is 0.676 bits per heavy atom. The third-order valence-corrected chi connectivity index (χ3v) is 5.61. The Bertz CT molecular complexity index is 1160. The van der Waals surface area contributed by atoms with Crippen molar-refractivity contribution in [2.24, 2.45) is 0 Å². The summed E-state index contributed by atoms with van der Waals surface area (Å²) in [4.78, 5) is 40.4. The van der Waals surface area contributed by atoms with Crippen LogP contribution in [0.3, 0.4) is 0 Å². The minimum atomic E-state index is -0.359. The molecule has 174 valence electrons. The normalized spacial score (nSPS) is 13.2. The molecule has 8 nitrogen and oxygen atoms in total. The highest BCUT2D eigenvalue weighted by atomic mass is 16.2. The van der Waals surface area contributed by atoms with E-state index in [0.29, 0.717) is 48.8 Å². The summed E-state index contributed by atoms with van der Waals surface area (Å²) in [6.45, 7) is 4.12. The van der Waals surface area contributed by atoms with Gasteiger partial charge in [0, 0.05) is 54.5 Å². The van der Waals surface area contributed by atoms with Gasteiger partial charge < -0.3 is 25.8 Å². The van der Waals surface area contributed by atoms with Crippen LogP contribution in [0.2, 0.25) is 0 Å². The quantitative estimate of drug-likeness (QED) is 0.476. The maximum atomic E-state index is 12.8. The van der Waals surface area contributed by atoms with E-state index in [2.05, 4.69) is 20.9 Å². The first-order valence-electron chi connectivity index (χ1n) is 11.1. The first-order valence-corrected chi connectivity index (χ1v) is 11.1. The molecule has 1 aliphatic heterocycles. The third kappa shape index (κ3) is 5.92. The third-order valence-electron chi connectivity index (χ3n) is 5.61. The second kappa shape index (κ2) is 10.5. The van der Waals surface area contributed by atoms with Crippen LogP contribution in [0.15, 0.2) is 78.9 Å². The fourth-order valence-electron chi connectivity index (χ4n) is 3.77. The van der Waals surface area contributed by atoms with Crippen LogP contribution in [-0.4, -0.2) is 48.9 Å². The number of anilines is 4. The number of hydrogen-bond donors (Lipinski definition) is 3. The Labute approximate surface area is 198 Å². The van der Waals surface area contributed by atoms with Gasteiger partial charge in [-0.05, 0) is 61.5 Å². The Hall–Kier alpha value is -4.33. The zero-order valence-electron chi connectivity index (χ0n) is 19.0. The Morgan fingerprint density at radius 3 is 1.91 bits per heavy atom. The van der Waals surface area contributed by atoms with E-state index in [1.54, 1.807) is 48.2 Å². The predicted molar refractivity (Wildman–Crippen MR) is 135 cm³/mol. The number of para-hydroxylation sites is 1. The van der Waals surface area contributed by atoms with E-state index in [9.17, 15) is 14.4 Å². The van der Waals surface area contributed by atoms with E-state index in [-0.39, 0.29) is 17.8 Å². The van der Waals surface area contributed by atoms with Crippen LogP contribution in [0, 0.1) is 0 Å². The van der Waals surface area contributed by atoms with E-state index in [1.165, 1.54) is 0 Å². The molecule has 3 N–H and O–H groups in total. The topological polar surface area (TPSA) is 93.8 Å². The van der Waals surface area contributed by atoms with E-state index in [4.69, 9.17) is 0 Å². The molecule has 1 heterocycles. The number of urea groups is 2. The van der Waals surface area contributed by atoms with Crippen molar-refractivity contribution in [3.8, 4) is 0 Å². The van der Waals surface area contributed by atoms with Crippen molar-refractivity contribution < 1.29 is 14.4 Å². The lowest BCUT2D eigenvalue weighted by molar-refractivity contribution is 0.101.